The van der Waals surface area contributed by atoms with E-state index in [2.05, 4.69) is 10.4 Å². The lowest BCUT2D eigenvalue weighted by molar-refractivity contribution is -0.141. The Morgan fingerprint density at radius 2 is 1.44 bits per heavy atom. The van der Waals surface area contributed by atoms with Gasteiger partial charge in [0.1, 0.15) is 0 Å². The maximum absolute atomic E-state index is 11.8. The fourth-order valence-electron chi connectivity index (χ4n) is 4.36. The first-order valence-electron chi connectivity index (χ1n) is 11.6. The molecule has 1 aliphatic rings. The fraction of sp³-hybridized carbons (Fsp3) is 0.417. The molecule has 1 aromatic heterocycles. The van der Waals surface area contributed by atoms with Crippen LogP contribution in [0.2, 0.25) is 0 Å². The van der Waals surface area contributed by atoms with Gasteiger partial charge in [-0.15, -0.1) is 0 Å². The number of pyridine rings is 1. The molecule has 2 aromatic rings. The van der Waals surface area contributed by atoms with E-state index in [9.17, 15) is 29.7 Å². The van der Waals surface area contributed by atoms with E-state index >= 15 is 0 Å². The highest BCUT2D eigenvalue weighted by Gasteiger charge is 2.27. The van der Waals surface area contributed by atoms with Gasteiger partial charge in [-0.25, -0.2) is 0 Å². The first kappa shape index (κ1) is 27.0. The lowest BCUT2D eigenvalue weighted by atomic mass is 10.0. The molecule has 2 heterocycles. The van der Waals surface area contributed by atoms with Crippen molar-refractivity contribution in [3.63, 3.8) is 0 Å². The van der Waals surface area contributed by atoms with Gasteiger partial charge in [0.2, 0.25) is 0 Å². The number of nitrogens with one attached hydrogen (secondary N) is 1. The van der Waals surface area contributed by atoms with Gasteiger partial charge in [0.25, 0.3) is 0 Å². The summed E-state index contributed by atoms with van der Waals surface area (Å²) in [7, 11) is 0. The number of carbonyl (C=O) groups is 3. The van der Waals surface area contributed by atoms with Crippen LogP contribution in [0.3, 0.4) is 0 Å². The summed E-state index contributed by atoms with van der Waals surface area (Å²) in [5.74, 6) is 2.47. The fourth-order valence-corrected chi connectivity index (χ4v) is 4.36. The number of aliphatic carboxylic acids is 3. The van der Waals surface area contributed by atoms with Gasteiger partial charge < -0.3 is 20.7 Å². The van der Waals surface area contributed by atoms with Crippen LogP contribution in [0.15, 0.2) is 42.5 Å². The highest BCUT2D eigenvalue weighted by molar-refractivity contribution is 5.70. The molecule has 1 unspecified atom stereocenters. The van der Waals surface area contributed by atoms with Crippen molar-refractivity contribution in [2.24, 2.45) is 5.84 Å². The number of carboxylic acids is 3. The molecule has 0 saturated heterocycles. The highest BCUT2D eigenvalue weighted by atomic mass is 16.4. The number of carboxylic acid groups (broad SMARTS) is 3. The molecule has 1 atom stereocenters. The molecular weight excluding hydrogens is 468 g/mol. The van der Waals surface area contributed by atoms with Gasteiger partial charge >= 0.3 is 17.9 Å². The number of rotatable bonds is 9. The van der Waals surface area contributed by atoms with E-state index in [1.165, 1.54) is 0 Å². The van der Waals surface area contributed by atoms with Crippen LogP contribution < -0.4 is 11.3 Å². The molecule has 3 rings (SSSR count). The number of anilines is 1. The molecule has 0 spiro atoms. The number of hydrogen-bond donors (Lipinski definition) is 5. The Balaban J connectivity index is 1.98. The van der Waals surface area contributed by atoms with Gasteiger partial charge in [-0.1, -0.05) is 18.2 Å². The topological polar surface area (TPSA) is 173 Å². The second-order valence-corrected chi connectivity index (χ2v) is 8.85. The quantitative estimate of drug-likeness (QED) is 0.233. The summed E-state index contributed by atoms with van der Waals surface area (Å²) in [5, 5.41) is 28.5. The van der Waals surface area contributed by atoms with Crippen molar-refractivity contribution in [2.75, 3.05) is 44.7 Å². The van der Waals surface area contributed by atoms with Gasteiger partial charge in [-0.05, 0) is 36.2 Å². The Morgan fingerprint density at radius 3 is 2.06 bits per heavy atom. The molecule has 12 heteroatoms. The Hall–Kier alpha value is -3.58. The first-order valence-corrected chi connectivity index (χ1v) is 11.6. The minimum absolute atomic E-state index is 0.205. The van der Waals surface area contributed by atoms with Crippen LogP contribution >= 0.6 is 0 Å². The molecule has 2 bridgehead atoms. The van der Waals surface area contributed by atoms with E-state index < -0.39 is 17.9 Å². The molecule has 12 nitrogen and oxygen atoms in total. The van der Waals surface area contributed by atoms with Crippen LogP contribution in [0.1, 0.15) is 17.0 Å². The lowest BCUT2D eigenvalue weighted by Gasteiger charge is -2.36. The van der Waals surface area contributed by atoms with Crippen molar-refractivity contribution in [1.82, 2.24) is 19.7 Å². The van der Waals surface area contributed by atoms with Crippen LogP contribution in [-0.4, -0.2) is 98.2 Å². The van der Waals surface area contributed by atoms with E-state index in [-0.39, 0.29) is 45.3 Å². The Kier molecular flexibility index (Phi) is 9.70. The van der Waals surface area contributed by atoms with Crippen LogP contribution in [-0.2, 0) is 33.9 Å². The number of nitrogens with two attached hydrogens (primary N) is 1. The molecule has 0 aliphatic carbocycles. The number of hydrogen-bond acceptors (Lipinski definition) is 9. The molecule has 0 radical (unpaired) electrons. The second-order valence-electron chi connectivity index (χ2n) is 8.85. The molecule has 0 saturated carbocycles. The summed E-state index contributed by atoms with van der Waals surface area (Å²) in [5.41, 5.74) is 5.55. The molecule has 0 amide bonds. The van der Waals surface area contributed by atoms with Crippen molar-refractivity contribution in [3.8, 4) is 0 Å². The van der Waals surface area contributed by atoms with Crippen molar-refractivity contribution < 1.29 is 29.7 Å². The maximum atomic E-state index is 11.8. The van der Waals surface area contributed by atoms with Gasteiger partial charge in [-0.2, -0.15) is 0 Å². The standard InChI is InChI=1S/C24H32N6O6/c25-27-18-6-4-17(5-7-18)10-21-13-29(15-23(33)34)9-8-28(14-22(31)32)11-19-2-1-3-20(26-19)12-30(21)16-24(35)36/h1-7,21,27H,8-16,25H2,(H,31,32)(H,33,34)(H,35,36). The molecule has 6 N–H and O–H groups in total. The van der Waals surface area contributed by atoms with Crippen LogP contribution in [0, 0.1) is 0 Å². The maximum Gasteiger partial charge on any atom is 0.317 e. The predicted octanol–water partition coefficient (Wildman–Crippen LogP) is 0.152. The van der Waals surface area contributed by atoms with Gasteiger partial charge in [-0.3, -0.25) is 39.9 Å². The third-order valence-corrected chi connectivity index (χ3v) is 5.98. The zero-order valence-corrected chi connectivity index (χ0v) is 19.9. The zero-order chi connectivity index (χ0) is 26.1. The van der Waals surface area contributed by atoms with Crippen LogP contribution in [0.4, 0.5) is 5.69 Å². The summed E-state index contributed by atoms with van der Waals surface area (Å²) in [6.45, 7) is 0.710. The SMILES string of the molecule is NNc1ccc(CC2CN(CC(=O)O)CCN(CC(=O)O)Cc3cccc(n3)CN2CC(=O)O)cc1. The zero-order valence-electron chi connectivity index (χ0n) is 19.9. The summed E-state index contributed by atoms with van der Waals surface area (Å²) in [4.78, 5) is 44.8. The lowest BCUT2D eigenvalue weighted by Crippen LogP contribution is -2.50. The highest BCUT2D eigenvalue weighted by Crippen LogP contribution is 2.18. The largest absolute Gasteiger partial charge is 0.480 e. The van der Waals surface area contributed by atoms with E-state index in [1.54, 1.807) is 26.8 Å². The molecular formula is C24H32N6O6. The number of fused-ring (bicyclic) bond motifs is 2. The van der Waals surface area contributed by atoms with Crippen molar-refractivity contribution in [2.45, 2.75) is 25.6 Å². The van der Waals surface area contributed by atoms with Crippen molar-refractivity contribution in [1.29, 1.82) is 0 Å². The Bertz CT molecular complexity index is 1050. The van der Waals surface area contributed by atoms with Crippen LogP contribution in [0.5, 0.6) is 0 Å². The van der Waals surface area contributed by atoms with E-state index in [1.807, 2.05) is 30.3 Å². The third kappa shape index (κ3) is 8.57. The van der Waals surface area contributed by atoms with Gasteiger partial charge in [0, 0.05) is 44.5 Å². The smallest absolute Gasteiger partial charge is 0.317 e. The number of hydrazine groups is 1. The average molecular weight is 501 g/mol. The molecule has 1 aliphatic heterocycles. The minimum atomic E-state index is -1.01. The molecule has 36 heavy (non-hydrogen) atoms. The normalized spacial score (nSPS) is 18.1. The van der Waals surface area contributed by atoms with Crippen LogP contribution in [0.25, 0.3) is 0 Å². The summed E-state index contributed by atoms with van der Waals surface area (Å²) < 4.78 is 0. The third-order valence-electron chi connectivity index (χ3n) is 5.98. The minimum Gasteiger partial charge on any atom is -0.480 e. The van der Waals surface area contributed by atoms with E-state index in [0.717, 1.165) is 11.3 Å². The number of benzene rings is 1. The average Bonchev–Trinajstić information content (AvgIpc) is 2.80. The Labute approximate surface area is 208 Å². The summed E-state index contributed by atoms with van der Waals surface area (Å²) in [6, 6.07) is 12.5. The summed E-state index contributed by atoms with van der Waals surface area (Å²) >= 11 is 0. The van der Waals surface area contributed by atoms with Gasteiger partial charge in [0.15, 0.2) is 0 Å². The predicted molar refractivity (Wildman–Crippen MR) is 131 cm³/mol. The number of nitrogen functional groups attached to an aromatic ring is 1. The van der Waals surface area contributed by atoms with E-state index in [0.29, 0.717) is 30.9 Å². The number of nitrogens with zero attached hydrogens (tertiary/aromatic N) is 4. The van der Waals surface area contributed by atoms with E-state index in [4.69, 9.17) is 5.84 Å². The molecule has 194 valence electrons. The van der Waals surface area contributed by atoms with Gasteiger partial charge in [0.05, 0.1) is 31.0 Å². The molecule has 1 aromatic carbocycles. The summed E-state index contributed by atoms with van der Waals surface area (Å²) in [6.07, 6.45) is 0.465. The first-order chi connectivity index (χ1) is 17.2. The Morgan fingerprint density at radius 1 is 0.861 bits per heavy atom. The number of aromatic nitrogens is 1. The monoisotopic (exact) mass is 500 g/mol. The second kappa shape index (κ2) is 12.9. The van der Waals surface area contributed by atoms with Crippen molar-refractivity contribution in [3.05, 3.63) is 59.4 Å². The molecule has 0 fully saturated rings. The van der Waals surface area contributed by atoms with Crippen molar-refractivity contribution >= 4 is 23.6 Å².